The van der Waals surface area contributed by atoms with E-state index in [1.165, 1.54) is 5.69 Å². The van der Waals surface area contributed by atoms with E-state index in [4.69, 9.17) is 4.74 Å². The van der Waals surface area contributed by atoms with Crippen molar-refractivity contribution in [2.24, 2.45) is 0 Å². The number of nitrogens with one attached hydrogen (secondary N) is 1. The predicted octanol–water partition coefficient (Wildman–Crippen LogP) is 2.58. The molecule has 1 unspecified atom stereocenters. The van der Waals surface area contributed by atoms with E-state index >= 15 is 0 Å². The van der Waals surface area contributed by atoms with Gasteiger partial charge in [0.25, 0.3) is 0 Å². The number of hydrogen-bond acceptors (Lipinski definition) is 4. The SMILES string of the molecule is CC(C)NCc1cc(N2CC(C)OC(C)(C)C2)ccn1. The Bertz CT molecular complexity index is 445. The zero-order chi connectivity index (χ0) is 14.8. The fourth-order valence-corrected chi connectivity index (χ4v) is 2.72. The molecule has 1 aromatic heterocycles. The predicted molar refractivity (Wildman–Crippen MR) is 83.1 cm³/mol. The van der Waals surface area contributed by atoms with Gasteiger partial charge >= 0.3 is 0 Å². The van der Waals surface area contributed by atoms with E-state index in [1.807, 2.05) is 6.20 Å². The highest BCUT2D eigenvalue weighted by Gasteiger charge is 2.31. The Balaban J connectivity index is 2.10. The van der Waals surface area contributed by atoms with Gasteiger partial charge in [-0.1, -0.05) is 13.8 Å². The molecule has 20 heavy (non-hydrogen) atoms. The van der Waals surface area contributed by atoms with Gasteiger partial charge in [0.05, 0.1) is 17.4 Å². The number of morpholine rings is 1. The van der Waals surface area contributed by atoms with Crippen LogP contribution in [-0.2, 0) is 11.3 Å². The summed E-state index contributed by atoms with van der Waals surface area (Å²) >= 11 is 0. The largest absolute Gasteiger partial charge is 0.369 e. The third-order valence-electron chi connectivity index (χ3n) is 3.43. The van der Waals surface area contributed by atoms with Gasteiger partial charge in [0.15, 0.2) is 0 Å². The first-order chi connectivity index (χ1) is 9.35. The topological polar surface area (TPSA) is 37.4 Å². The van der Waals surface area contributed by atoms with E-state index in [2.05, 4.69) is 62.0 Å². The average Bonchev–Trinajstić information content (AvgIpc) is 2.34. The van der Waals surface area contributed by atoms with Crippen LogP contribution in [0.3, 0.4) is 0 Å². The van der Waals surface area contributed by atoms with Crippen LogP contribution in [0.25, 0.3) is 0 Å². The zero-order valence-electron chi connectivity index (χ0n) is 13.3. The van der Waals surface area contributed by atoms with Gasteiger partial charge in [-0.15, -0.1) is 0 Å². The highest BCUT2D eigenvalue weighted by Crippen LogP contribution is 2.26. The van der Waals surface area contributed by atoms with E-state index in [-0.39, 0.29) is 11.7 Å². The molecule has 1 aliphatic rings. The average molecular weight is 277 g/mol. The Hall–Kier alpha value is -1.13. The molecular formula is C16H27N3O. The third kappa shape index (κ3) is 4.18. The van der Waals surface area contributed by atoms with E-state index in [0.717, 1.165) is 25.3 Å². The molecule has 4 nitrogen and oxygen atoms in total. The van der Waals surface area contributed by atoms with Gasteiger partial charge in [0.2, 0.25) is 0 Å². The van der Waals surface area contributed by atoms with Gasteiger partial charge < -0.3 is 15.0 Å². The van der Waals surface area contributed by atoms with Crippen LogP contribution in [0.2, 0.25) is 0 Å². The van der Waals surface area contributed by atoms with Crippen molar-refractivity contribution in [1.29, 1.82) is 0 Å². The highest BCUT2D eigenvalue weighted by atomic mass is 16.5. The molecule has 0 amide bonds. The van der Waals surface area contributed by atoms with Crippen LogP contribution in [0, 0.1) is 0 Å². The minimum absolute atomic E-state index is 0.0999. The summed E-state index contributed by atoms with van der Waals surface area (Å²) in [5.41, 5.74) is 2.23. The van der Waals surface area contributed by atoms with E-state index in [1.54, 1.807) is 0 Å². The molecule has 2 rings (SSSR count). The number of pyridine rings is 1. The summed E-state index contributed by atoms with van der Waals surface area (Å²) in [5.74, 6) is 0. The van der Waals surface area contributed by atoms with Crippen molar-refractivity contribution in [2.75, 3.05) is 18.0 Å². The van der Waals surface area contributed by atoms with Crippen LogP contribution in [0.4, 0.5) is 5.69 Å². The zero-order valence-corrected chi connectivity index (χ0v) is 13.3. The Morgan fingerprint density at radius 2 is 2.25 bits per heavy atom. The quantitative estimate of drug-likeness (QED) is 0.918. The fourth-order valence-electron chi connectivity index (χ4n) is 2.72. The third-order valence-corrected chi connectivity index (χ3v) is 3.43. The molecule has 0 radical (unpaired) electrons. The number of hydrogen-bond donors (Lipinski definition) is 1. The van der Waals surface area contributed by atoms with Crippen LogP contribution in [-0.4, -0.2) is 35.8 Å². The van der Waals surface area contributed by atoms with Crippen LogP contribution in [0.1, 0.15) is 40.3 Å². The minimum Gasteiger partial charge on any atom is -0.369 e. The van der Waals surface area contributed by atoms with E-state index in [0.29, 0.717) is 6.04 Å². The van der Waals surface area contributed by atoms with Gasteiger partial charge in [-0.2, -0.15) is 0 Å². The molecule has 1 atom stereocenters. The van der Waals surface area contributed by atoms with Gasteiger partial charge in [-0.25, -0.2) is 0 Å². The molecule has 0 bridgehead atoms. The number of anilines is 1. The first-order valence-electron chi connectivity index (χ1n) is 7.47. The summed E-state index contributed by atoms with van der Waals surface area (Å²) in [7, 11) is 0. The highest BCUT2D eigenvalue weighted by molar-refractivity contribution is 5.47. The number of nitrogens with zero attached hydrogens (tertiary/aromatic N) is 2. The van der Waals surface area contributed by atoms with Crippen molar-refractivity contribution in [2.45, 2.75) is 58.9 Å². The maximum Gasteiger partial charge on any atom is 0.0805 e. The van der Waals surface area contributed by atoms with E-state index in [9.17, 15) is 0 Å². The maximum atomic E-state index is 5.96. The maximum absolute atomic E-state index is 5.96. The molecule has 1 aliphatic heterocycles. The molecular weight excluding hydrogens is 250 g/mol. The van der Waals surface area contributed by atoms with Gasteiger partial charge in [-0.3, -0.25) is 4.98 Å². The summed E-state index contributed by atoms with van der Waals surface area (Å²) in [6.07, 6.45) is 2.16. The van der Waals surface area contributed by atoms with Crippen LogP contribution >= 0.6 is 0 Å². The number of rotatable bonds is 4. The standard InChI is InChI=1S/C16H27N3O/c1-12(2)18-9-14-8-15(6-7-17-14)19-10-13(3)20-16(4,5)11-19/h6-8,12-13,18H,9-11H2,1-5H3. The molecule has 1 aromatic rings. The summed E-state index contributed by atoms with van der Waals surface area (Å²) in [6.45, 7) is 13.4. The first kappa shape index (κ1) is 15.3. The molecule has 1 N–H and O–H groups in total. The first-order valence-corrected chi connectivity index (χ1v) is 7.47. The smallest absolute Gasteiger partial charge is 0.0805 e. The minimum atomic E-state index is -0.0999. The lowest BCUT2D eigenvalue weighted by Crippen LogP contribution is -2.52. The normalized spacial score (nSPS) is 22.3. The molecule has 2 heterocycles. The van der Waals surface area contributed by atoms with Gasteiger partial charge in [-0.05, 0) is 32.9 Å². The second-order valence-corrected chi connectivity index (χ2v) is 6.61. The Kier molecular flexibility index (Phi) is 4.66. The van der Waals surface area contributed by atoms with Crippen LogP contribution in [0.15, 0.2) is 18.3 Å². The lowest BCUT2D eigenvalue weighted by Gasteiger charge is -2.43. The molecule has 112 valence electrons. The van der Waals surface area contributed by atoms with Crippen molar-refractivity contribution < 1.29 is 4.74 Å². The van der Waals surface area contributed by atoms with Crippen molar-refractivity contribution in [1.82, 2.24) is 10.3 Å². The van der Waals surface area contributed by atoms with Crippen molar-refractivity contribution in [3.63, 3.8) is 0 Å². The molecule has 1 saturated heterocycles. The Morgan fingerprint density at radius 1 is 1.50 bits per heavy atom. The summed E-state index contributed by atoms with van der Waals surface area (Å²) in [5, 5.41) is 3.41. The summed E-state index contributed by atoms with van der Waals surface area (Å²) in [6, 6.07) is 4.75. The van der Waals surface area contributed by atoms with E-state index < -0.39 is 0 Å². The Labute approximate surface area is 122 Å². The Morgan fingerprint density at radius 3 is 2.90 bits per heavy atom. The summed E-state index contributed by atoms with van der Waals surface area (Å²) < 4.78 is 5.96. The molecule has 0 saturated carbocycles. The second kappa shape index (κ2) is 6.10. The van der Waals surface area contributed by atoms with Crippen LogP contribution in [0.5, 0.6) is 0 Å². The van der Waals surface area contributed by atoms with Gasteiger partial charge in [0, 0.05) is 37.6 Å². The van der Waals surface area contributed by atoms with Gasteiger partial charge in [0.1, 0.15) is 0 Å². The lowest BCUT2D eigenvalue weighted by molar-refractivity contribution is -0.0749. The van der Waals surface area contributed by atoms with Crippen molar-refractivity contribution >= 4 is 5.69 Å². The van der Waals surface area contributed by atoms with Crippen LogP contribution < -0.4 is 10.2 Å². The molecule has 0 aromatic carbocycles. The monoisotopic (exact) mass is 277 g/mol. The lowest BCUT2D eigenvalue weighted by atomic mass is 10.0. The molecule has 1 fully saturated rings. The molecule has 0 aliphatic carbocycles. The second-order valence-electron chi connectivity index (χ2n) is 6.61. The number of ether oxygens (including phenoxy) is 1. The number of aromatic nitrogens is 1. The molecule has 0 spiro atoms. The van der Waals surface area contributed by atoms with Crippen molar-refractivity contribution in [3.05, 3.63) is 24.0 Å². The molecule has 4 heteroatoms. The summed E-state index contributed by atoms with van der Waals surface area (Å²) in [4.78, 5) is 6.84. The fraction of sp³-hybridized carbons (Fsp3) is 0.688. The van der Waals surface area contributed by atoms with Crippen molar-refractivity contribution in [3.8, 4) is 0 Å².